The third-order valence-electron chi connectivity index (χ3n) is 4.36. The van der Waals surface area contributed by atoms with Gasteiger partial charge in [0.25, 0.3) is 0 Å². The van der Waals surface area contributed by atoms with Gasteiger partial charge in [-0.1, -0.05) is 27.7 Å². The average molecular weight is 238 g/mol. The monoisotopic (exact) mass is 238 g/mol. The molecule has 2 aliphatic rings. The molecule has 2 N–H and O–H groups in total. The van der Waals surface area contributed by atoms with E-state index >= 15 is 0 Å². The van der Waals surface area contributed by atoms with Crippen LogP contribution in [0, 0.1) is 17.3 Å². The van der Waals surface area contributed by atoms with Crippen molar-refractivity contribution in [1.29, 1.82) is 0 Å². The Morgan fingerprint density at radius 3 is 2.35 bits per heavy atom. The third-order valence-corrected chi connectivity index (χ3v) is 4.36. The highest BCUT2D eigenvalue weighted by molar-refractivity contribution is 5.89. The van der Waals surface area contributed by atoms with Gasteiger partial charge in [0, 0.05) is 12.0 Å². The van der Waals surface area contributed by atoms with Crippen LogP contribution in [0.25, 0.3) is 0 Å². The van der Waals surface area contributed by atoms with Gasteiger partial charge in [-0.25, -0.2) is 0 Å². The number of hydrogen-bond acceptors (Lipinski definition) is 2. The molecule has 2 fully saturated rings. The summed E-state index contributed by atoms with van der Waals surface area (Å²) in [6.45, 7) is 8.09. The van der Waals surface area contributed by atoms with Crippen LogP contribution in [0.5, 0.6) is 0 Å². The molecular formula is C13H22N2O2. The van der Waals surface area contributed by atoms with E-state index in [1.54, 1.807) is 4.90 Å². The Hall–Kier alpha value is -1.06. The van der Waals surface area contributed by atoms with Crippen LogP contribution in [0.4, 0.5) is 0 Å². The summed E-state index contributed by atoms with van der Waals surface area (Å²) in [5.74, 6) is 0.172. The van der Waals surface area contributed by atoms with Crippen molar-refractivity contribution in [2.75, 3.05) is 0 Å². The van der Waals surface area contributed by atoms with Crippen molar-refractivity contribution in [3.8, 4) is 0 Å². The lowest BCUT2D eigenvalue weighted by molar-refractivity contribution is -0.144. The highest BCUT2D eigenvalue weighted by Gasteiger charge is 2.56. The van der Waals surface area contributed by atoms with Crippen LogP contribution in [0.2, 0.25) is 0 Å². The van der Waals surface area contributed by atoms with Crippen LogP contribution < -0.4 is 5.73 Å². The molecule has 0 radical (unpaired) electrons. The van der Waals surface area contributed by atoms with Crippen molar-refractivity contribution in [3.63, 3.8) is 0 Å². The van der Waals surface area contributed by atoms with Crippen LogP contribution in [-0.4, -0.2) is 28.8 Å². The molecule has 1 saturated carbocycles. The van der Waals surface area contributed by atoms with Gasteiger partial charge in [0.1, 0.15) is 6.04 Å². The van der Waals surface area contributed by atoms with Crippen molar-refractivity contribution >= 4 is 11.8 Å². The second-order valence-corrected chi connectivity index (χ2v) is 6.55. The minimum absolute atomic E-state index is 0.0771. The topological polar surface area (TPSA) is 63.4 Å². The maximum Gasteiger partial charge on any atom is 0.240 e. The summed E-state index contributed by atoms with van der Waals surface area (Å²) in [4.78, 5) is 25.6. The summed E-state index contributed by atoms with van der Waals surface area (Å²) in [7, 11) is 0. The molecule has 1 aliphatic heterocycles. The number of rotatable bonds is 2. The van der Waals surface area contributed by atoms with E-state index < -0.39 is 0 Å². The SMILES string of the molecule is C[C@H](C(=O)N1C(C(N)=O)CC2CC21)C(C)(C)C. The zero-order valence-corrected chi connectivity index (χ0v) is 11.1. The zero-order chi connectivity index (χ0) is 13.0. The molecular weight excluding hydrogens is 216 g/mol. The molecule has 96 valence electrons. The van der Waals surface area contributed by atoms with E-state index in [0.717, 1.165) is 12.8 Å². The molecule has 0 aromatic carbocycles. The molecule has 3 unspecified atom stereocenters. The molecule has 0 aromatic heterocycles. The fraction of sp³-hybridized carbons (Fsp3) is 0.846. The molecule has 2 rings (SSSR count). The van der Waals surface area contributed by atoms with E-state index in [9.17, 15) is 9.59 Å². The fourth-order valence-electron chi connectivity index (χ4n) is 2.62. The van der Waals surface area contributed by atoms with E-state index in [4.69, 9.17) is 5.73 Å². The second-order valence-electron chi connectivity index (χ2n) is 6.55. The molecule has 4 atom stereocenters. The van der Waals surface area contributed by atoms with Crippen LogP contribution in [0.3, 0.4) is 0 Å². The minimum Gasteiger partial charge on any atom is -0.368 e. The smallest absolute Gasteiger partial charge is 0.240 e. The number of primary amides is 1. The summed E-state index contributed by atoms with van der Waals surface area (Å²) in [5, 5.41) is 0. The number of carbonyl (C=O) groups excluding carboxylic acids is 2. The zero-order valence-electron chi connectivity index (χ0n) is 11.1. The summed E-state index contributed by atoms with van der Waals surface area (Å²) >= 11 is 0. The summed E-state index contributed by atoms with van der Waals surface area (Å²) < 4.78 is 0. The molecule has 1 heterocycles. The maximum absolute atomic E-state index is 12.5. The number of nitrogens with zero attached hydrogens (tertiary/aromatic N) is 1. The standard InChI is InChI=1S/C13H22N2O2/c1-7(13(2,3)4)12(17)15-9-5-8(9)6-10(15)11(14)16/h7-10H,5-6H2,1-4H3,(H2,14,16)/t7-,8?,9?,10?/m1/s1. The second kappa shape index (κ2) is 3.72. The van der Waals surface area contributed by atoms with Crippen molar-refractivity contribution in [2.45, 2.75) is 52.6 Å². The van der Waals surface area contributed by atoms with Gasteiger partial charge in [0.05, 0.1) is 0 Å². The Morgan fingerprint density at radius 2 is 1.88 bits per heavy atom. The van der Waals surface area contributed by atoms with Crippen molar-refractivity contribution in [3.05, 3.63) is 0 Å². The fourth-order valence-corrected chi connectivity index (χ4v) is 2.62. The molecule has 0 aromatic rings. The van der Waals surface area contributed by atoms with Crippen LogP contribution in [-0.2, 0) is 9.59 Å². The van der Waals surface area contributed by atoms with Crippen LogP contribution in [0.1, 0.15) is 40.5 Å². The highest BCUT2D eigenvalue weighted by Crippen LogP contribution is 2.49. The lowest BCUT2D eigenvalue weighted by Crippen LogP contribution is -2.49. The number of amides is 2. The largest absolute Gasteiger partial charge is 0.368 e. The molecule has 4 nitrogen and oxygen atoms in total. The van der Waals surface area contributed by atoms with Gasteiger partial charge in [0.15, 0.2) is 0 Å². The van der Waals surface area contributed by atoms with Crippen LogP contribution in [0.15, 0.2) is 0 Å². The van der Waals surface area contributed by atoms with E-state index in [-0.39, 0.29) is 35.2 Å². The molecule has 0 spiro atoms. The van der Waals surface area contributed by atoms with Gasteiger partial charge >= 0.3 is 0 Å². The van der Waals surface area contributed by atoms with Gasteiger partial charge in [-0.05, 0) is 24.2 Å². The molecule has 1 aliphatic carbocycles. The normalized spacial score (nSPS) is 33.2. The Kier molecular flexibility index (Phi) is 2.71. The van der Waals surface area contributed by atoms with Gasteiger partial charge in [-0.3, -0.25) is 9.59 Å². The first-order chi connectivity index (χ1) is 7.73. The Morgan fingerprint density at radius 1 is 1.29 bits per heavy atom. The van der Waals surface area contributed by atoms with Crippen LogP contribution >= 0.6 is 0 Å². The first-order valence-electron chi connectivity index (χ1n) is 6.35. The summed E-state index contributed by atoms with van der Waals surface area (Å²) in [6, 6.07) is -0.0825. The van der Waals surface area contributed by atoms with Gasteiger partial charge in [-0.15, -0.1) is 0 Å². The highest BCUT2D eigenvalue weighted by atomic mass is 16.2. The minimum atomic E-state index is -0.365. The summed E-state index contributed by atoms with van der Waals surface area (Å²) in [6.07, 6.45) is 1.81. The molecule has 2 amide bonds. The lowest BCUT2D eigenvalue weighted by Gasteiger charge is -2.33. The van der Waals surface area contributed by atoms with E-state index in [1.165, 1.54) is 0 Å². The van der Waals surface area contributed by atoms with E-state index in [1.807, 2.05) is 6.92 Å². The molecule has 0 bridgehead atoms. The number of nitrogens with two attached hydrogens (primary N) is 1. The predicted molar refractivity (Wildman–Crippen MR) is 65.0 cm³/mol. The molecule has 4 heteroatoms. The Balaban J connectivity index is 2.15. The van der Waals surface area contributed by atoms with Gasteiger partial charge in [-0.2, -0.15) is 0 Å². The first-order valence-corrected chi connectivity index (χ1v) is 6.35. The van der Waals surface area contributed by atoms with Crippen molar-refractivity contribution in [2.24, 2.45) is 23.0 Å². The van der Waals surface area contributed by atoms with Crippen molar-refractivity contribution < 1.29 is 9.59 Å². The number of hydrogen-bond donors (Lipinski definition) is 1. The van der Waals surface area contributed by atoms with Gasteiger partial charge < -0.3 is 10.6 Å². The Bertz CT molecular complexity index is 359. The lowest BCUT2D eigenvalue weighted by atomic mass is 9.81. The number of likely N-dealkylation sites (tertiary alicyclic amines) is 1. The number of carbonyl (C=O) groups is 2. The average Bonchev–Trinajstić information content (AvgIpc) is 2.86. The summed E-state index contributed by atoms with van der Waals surface area (Å²) in [5.41, 5.74) is 5.31. The van der Waals surface area contributed by atoms with Gasteiger partial charge in [0.2, 0.25) is 11.8 Å². The molecule has 1 saturated heterocycles. The Labute approximate surface area is 103 Å². The quantitative estimate of drug-likeness (QED) is 0.784. The first kappa shape index (κ1) is 12.4. The predicted octanol–water partition coefficient (Wildman–Crippen LogP) is 1.14. The van der Waals surface area contributed by atoms with Crippen molar-refractivity contribution in [1.82, 2.24) is 4.90 Å². The number of piperidine rings is 1. The maximum atomic E-state index is 12.5. The van der Waals surface area contributed by atoms with E-state index in [0.29, 0.717) is 5.92 Å². The molecule has 17 heavy (non-hydrogen) atoms. The third kappa shape index (κ3) is 2.05. The number of fused-ring (bicyclic) bond motifs is 1. The van der Waals surface area contributed by atoms with E-state index in [2.05, 4.69) is 20.8 Å².